The Hall–Kier alpha value is -3.78. The Bertz CT molecular complexity index is 1230. The van der Waals surface area contributed by atoms with E-state index in [2.05, 4.69) is 25.9 Å². The molecule has 2 rings (SSSR count). The van der Waals surface area contributed by atoms with Crippen LogP contribution in [-0.4, -0.2) is 82.5 Å². The molecule has 2 aromatic rings. The van der Waals surface area contributed by atoms with Crippen LogP contribution in [0.25, 0.3) is 10.9 Å². The van der Waals surface area contributed by atoms with Crippen LogP contribution in [0.15, 0.2) is 35.5 Å². The van der Waals surface area contributed by atoms with Crippen molar-refractivity contribution >= 4 is 52.3 Å². The lowest BCUT2D eigenvalue weighted by atomic mass is 10.0. The van der Waals surface area contributed by atoms with E-state index in [9.17, 15) is 24.3 Å². The second-order valence-electron chi connectivity index (χ2n) is 10.6. The largest absolute Gasteiger partial charge is 0.480 e. The van der Waals surface area contributed by atoms with Crippen LogP contribution in [-0.2, 0) is 25.6 Å². The van der Waals surface area contributed by atoms with Crippen LogP contribution in [0.4, 0.5) is 0 Å². The number of carbonyl (C=O) groups excluding carboxylic acids is 3. The number of H-pyrrole nitrogens is 1. The van der Waals surface area contributed by atoms with Crippen molar-refractivity contribution in [2.24, 2.45) is 28.1 Å². The van der Waals surface area contributed by atoms with Crippen LogP contribution >= 0.6 is 11.8 Å². The van der Waals surface area contributed by atoms with Gasteiger partial charge in [-0.1, -0.05) is 32.0 Å². The van der Waals surface area contributed by atoms with E-state index in [1.54, 1.807) is 6.20 Å². The zero-order valence-electron chi connectivity index (χ0n) is 24.4. The van der Waals surface area contributed by atoms with Crippen molar-refractivity contribution in [3.63, 3.8) is 0 Å². The second-order valence-corrected chi connectivity index (χ2v) is 11.5. The SMILES string of the molecule is CSCCC(NC(=O)C(N)CC(C)C)C(=O)NC(CCCN=C(N)N)C(=O)NC(Cc1c[nH]c2ccccc12)C(=O)O. The Morgan fingerprint density at radius 1 is 0.976 bits per heavy atom. The molecular weight excluding hydrogens is 560 g/mol. The summed E-state index contributed by atoms with van der Waals surface area (Å²) in [5.41, 5.74) is 18.4. The molecule has 232 valence electrons. The molecule has 14 heteroatoms. The summed E-state index contributed by atoms with van der Waals surface area (Å²) in [7, 11) is 0. The maximum Gasteiger partial charge on any atom is 0.326 e. The molecule has 0 spiro atoms. The molecule has 11 N–H and O–H groups in total. The highest BCUT2D eigenvalue weighted by Gasteiger charge is 2.30. The van der Waals surface area contributed by atoms with Crippen LogP contribution in [0.3, 0.4) is 0 Å². The molecule has 0 aliphatic rings. The van der Waals surface area contributed by atoms with Crippen LogP contribution in [0.1, 0.15) is 45.1 Å². The third-order valence-corrected chi connectivity index (χ3v) is 7.24. The molecule has 1 aromatic carbocycles. The molecule has 3 amide bonds. The Morgan fingerprint density at radius 3 is 2.21 bits per heavy atom. The third kappa shape index (κ3) is 11.2. The second kappa shape index (κ2) is 17.2. The number of aliphatic carboxylic acids is 1. The lowest BCUT2D eigenvalue weighted by Crippen LogP contribution is -2.57. The lowest BCUT2D eigenvalue weighted by molar-refractivity contribution is -0.142. The molecular formula is C28H44N8O5S. The van der Waals surface area contributed by atoms with E-state index in [4.69, 9.17) is 17.2 Å². The van der Waals surface area contributed by atoms with Gasteiger partial charge in [-0.15, -0.1) is 0 Å². The molecule has 0 aliphatic carbocycles. The number of benzene rings is 1. The number of carboxylic acids is 1. The molecule has 0 aliphatic heterocycles. The number of rotatable bonds is 18. The number of para-hydroxylation sites is 1. The van der Waals surface area contributed by atoms with Gasteiger partial charge in [-0.2, -0.15) is 11.8 Å². The van der Waals surface area contributed by atoms with Crippen molar-refractivity contribution in [1.29, 1.82) is 0 Å². The number of guanidine groups is 1. The number of thioether (sulfide) groups is 1. The number of aliphatic imine (C=N–C) groups is 1. The van der Waals surface area contributed by atoms with E-state index >= 15 is 0 Å². The minimum atomic E-state index is -1.25. The fraction of sp³-hybridized carbons (Fsp3) is 0.536. The Labute approximate surface area is 250 Å². The molecule has 4 unspecified atom stereocenters. The number of amides is 3. The zero-order valence-corrected chi connectivity index (χ0v) is 25.2. The number of nitrogens with one attached hydrogen (secondary N) is 4. The first kappa shape index (κ1) is 34.4. The Morgan fingerprint density at radius 2 is 1.60 bits per heavy atom. The minimum absolute atomic E-state index is 0.0277. The van der Waals surface area contributed by atoms with E-state index in [0.717, 1.165) is 16.5 Å². The minimum Gasteiger partial charge on any atom is -0.480 e. The van der Waals surface area contributed by atoms with Crippen molar-refractivity contribution < 1.29 is 24.3 Å². The van der Waals surface area contributed by atoms with E-state index in [-0.39, 0.29) is 31.3 Å². The standard InChI is InChI=1S/C28H44N8O5S/c1-16(2)13-19(29)24(37)34-22(10-12-42-3)26(39)35-21(9-6-11-32-28(30)31)25(38)36-23(27(40)41)14-17-15-33-20-8-5-4-7-18(17)20/h4-5,7-8,15-16,19,21-23,33H,6,9-14,29H2,1-3H3,(H,34,37)(H,35,39)(H,36,38)(H,40,41)(H4,30,31,32). The quantitative estimate of drug-likeness (QED) is 0.0669. The number of carbonyl (C=O) groups is 4. The van der Waals surface area contributed by atoms with Crippen LogP contribution in [0.5, 0.6) is 0 Å². The molecule has 0 bridgehead atoms. The smallest absolute Gasteiger partial charge is 0.326 e. The van der Waals surface area contributed by atoms with Gasteiger partial charge in [0.2, 0.25) is 17.7 Å². The number of hydrogen-bond donors (Lipinski definition) is 8. The molecule has 0 saturated heterocycles. The van der Waals surface area contributed by atoms with Gasteiger partial charge in [0, 0.05) is 30.1 Å². The summed E-state index contributed by atoms with van der Waals surface area (Å²) in [6.07, 6.45) is 4.84. The normalized spacial score (nSPS) is 14.0. The van der Waals surface area contributed by atoms with Gasteiger partial charge in [0.05, 0.1) is 6.04 Å². The van der Waals surface area contributed by atoms with Crippen molar-refractivity contribution in [3.05, 3.63) is 36.0 Å². The summed E-state index contributed by atoms with van der Waals surface area (Å²) < 4.78 is 0. The van der Waals surface area contributed by atoms with Crippen molar-refractivity contribution in [2.45, 2.75) is 70.1 Å². The van der Waals surface area contributed by atoms with Crippen molar-refractivity contribution in [2.75, 3.05) is 18.6 Å². The number of carboxylic acid groups (broad SMARTS) is 1. The first-order valence-electron chi connectivity index (χ1n) is 13.9. The highest BCUT2D eigenvalue weighted by Crippen LogP contribution is 2.19. The Balaban J connectivity index is 2.21. The van der Waals surface area contributed by atoms with Gasteiger partial charge < -0.3 is 43.2 Å². The van der Waals surface area contributed by atoms with Gasteiger partial charge >= 0.3 is 5.97 Å². The molecule has 0 radical (unpaired) electrons. The molecule has 4 atom stereocenters. The van der Waals surface area contributed by atoms with Crippen LogP contribution in [0, 0.1) is 5.92 Å². The first-order chi connectivity index (χ1) is 19.9. The zero-order chi connectivity index (χ0) is 31.2. The van der Waals surface area contributed by atoms with Gasteiger partial charge in [-0.3, -0.25) is 19.4 Å². The topological polar surface area (TPSA) is 231 Å². The average Bonchev–Trinajstić information content (AvgIpc) is 3.34. The maximum absolute atomic E-state index is 13.4. The fourth-order valence-electron chi connectivity index (χ4n) is 4.44. The van der Waals surface area contributed by atoms with Crippen molar-refractivity contribution in [3.8, 4) is 0 Å². The number of fused-ring (bicyclic) bond motifs is 1. The number of hydrogen-bond acceptors (Lipinski definition) is 7. The number of aromatic amines is 1. The summed E-state index contributed by atoms with van der Waals surface area (Å²) in [4.78, 5) is 58.6. The van der Waals surface area contributed by atoms with Gasteiger partial charge in [-0.25, -0.2) is 4.79 Å². The molecule has 1 aromatic heterocycles. The summed E-state index contributed by atoms with van der Waals surface area (Å²) >= 11 is 1.50. The highest BCUT2D eigenvalue weighted by atomic mass is 32.2. The van der Waals surface area contributed by atoms with Crippen LogP contribution in [0.2, 0.25) is 0 Å². The van der Waals surface area contributed by atoms with Gasteiger partial charge in [0.1, 0.15) is 18.1 Å². The van der Waals surface area contributed by atoms with E-state index in [1.165, 1.54) is 11.8 Å². The lowest BCUT2D eigenvalue weighted by Gasteiger charge is -2.25. The fourth-order valence-corrected chi connectivity index (χ4v) is 4.91. The number of aromatic nitrogens is 1. The molecule has 0 fully saturated rings. The number of nitrogens with two attached hydrogens (primary N) is 3. The first-order valence-corrected chi connectivity index (χ1v) is 15.3. The summed E-state index contributed by atoms with van der Waals surface area (Å²) in [5.74, 6) is -2.26. The molecule has 42 heavy (non-hydrogen) atoms. The maximum atomic E-state index is 13.4. The highest BCUT2D eigenvalue weighted by molar-refractivity contribution is 7.98. The van der Waals surface area contributed by atoms with Crippen LogP contribution < -0.4 is 33.2 Å². The van der Waals surface area contributed by atoms with E-state index in [0.29, 0.717) is 25.0 Å². The van der Waals surface area contributed by atoms with Gasteiger partial charge in [-0.05, 0) is 55.2 Å². The number of nitrogens with zero attached hydrogens (tertiary/aromatic N) is 1. The third-order valence-electron chi connectivity index (χ3n) is 6.60. The average molecular weight is 605 g/mol. The Kier molecular flexibility index (Phi) is 14.1. The van der Waals surface area contributed by atoms with E-state index < -0.39 is 47.9 Å². The summed E-state index contributed by atoms with van der Waals surface area (Å²) in [6, 6.07) is 3.37. The molecule has 1 heterocycles. The predicted molar refractivity (Wildman–Crippen MR) is 166 cm³/mol. The molecule has 13 nitrogen and oxygen atoms in total. The molecule has 0 saturated carbocycles. The van der Waals surface area contributed by atoms with E-state index in [1.807, 2.05) is 44.4 Å². The van der Waals surface area contributed by atoms with Crippen molar-refractivity contribution in [1.82, 2.24) is 20.9 Å². The summed E-state index contributed by atoms with van der Waals surface area (Å²) in [5, 5.41) is 18.8. The van der Waals surface area contributed by atoms with Gasteiger partial charge in [0.25, 0.3) is 0 Å². The summed E-state index contributed by atoms with van der Waals surface area (Å²) in [6.45, 7) is 4.09. The monoisotopic (exact) mass is 604 g/mol. The van der Waals surface area contributed by atoms with Gasteiger partial charge in [0.15, 0.2) is 5.96 Å². The predicted octanol–water partition coefficient (Wildman–Crippen LogP) is 0.430.